The van der Waals surface area contributed by atoms with Gasteiger partial charge in [-0.2, -0.15) is 0 Å². The first kappa shape index (κ1) is 33.2. The first-order valence-corrected chi connectivity index (χ1v) is 14.3. The fourth-order valence-corrected chi connectivity index (χ4v) is 4.65. The van der Waals surface area contributed by atoms with Gasteiger partial charge in [-0.15, -0.1) is 0 Å². The number of hydrogen-bond acceptors (Lipinski definition) is 7. The van der Waals surface area contributed by atoms with Gasteiger partial charge in [0.2, 0.25) is 0 Å². The third-order valence-electron chi connectivity index (χ3n) is 7.33. The van der Waals surface area contributed by atoms with Crippen LogP contribution in [0.2, 0.25) is 0 Å². The maximum Gasteiger partial charge on any atom is 0.333 e. The lowest BCUT2D eigenvalue weighted by Gasteiger charge is -2.38. The molecule has 0 saturated heterocycles. The van der Waals surface area contributed by atoms with Gasteiger partial charge < -0.3 is 18.4 Å². The predicted octanol–water partition coefficient (Wildman–Crippen LogP) is 7.97. The van der Waals surface area contributed by atoms with Crippen LogP contribution in [0.15, 0.2) is 66.8 Å². The largest absolute Gasteiger partial charge is 0.497 e. The van der Waals surface area contributed by atoms with Crippen molar-refractivity contribution in [2.75, 3.05) is 14.2 Å². The highest BCUT2D eigenvalue weighted by Crippen LogP contribution is 2.40. The summed E-state index contributed by atoms with van der Waals surface area (Å²) >= 11 is 1.31. The first-order valence-electron chi connectivity index (χ1n) is 13.6. The van der Waals surface area contributed by atoms with Crippen molar-refractivity contribution >= 4 is 30.4 Å². The molecule has 1 fully saturated rings. The van der Waals surface area contributed by atoms with Crippen molar-refractivity contribution < 1.29 is 28.0 Å². The van der Waals surface area contributed by atoms with Crippen LogP contribution in [0.5, 0.6) is 11.5 Å². The van der Waals surface area contributed by atoms with E-state index in [0.29, 0.717) is 17.6 Å². The smallest absolute Gasteiger partial charge is 0.333 e. The third-order valence-corrected chi connectivity index (χ3v) is 8.52. The summed E-state index contributed by atoms with van der Waals surface area (Å²) in [6.07, 6.45) is 8.97. The van der Waals surface area contributed by atoms with E-state index in [1.165, 1.54) is 36.5 Å². The summed E-state index contributed by atoms with van der Waals surface area (Å²) < 4.78 is 21.6. The molecule has 0 radical (unpaired) electrons. The maximum absolute atomic E-state index is 11.9. The standard InChI is InChI=1S/C23H34O4S.C10H10O2/c1-16(2)21(24)26-22(3,4)23(5,6)28-27-20-14-10-18(11-15-20)17-8-12-19(25-7)13-9-17;1-12-10-6-4-9(5-7-10)3-2-8-11/h10-11,14-15,17,19H,1,8-9,12-13H2,2-7H3;2-8H,1H3/b;3-2+. The lowest BCUT2D eigenvalue weighted by Crippen LogP contribution is -2.46. The summed E-state index contributed by atoms with van der Waals surface area (Å²) in [6, 6.07) is 15.8. The number of rotatable bonds is 11. The third kappa shape index (κ3) is 10.2. The van der Waals surface area contributed by atoms with Crippen molar-refractivity contribution in [3.8, 4) is 11.5 Å². The van der Waals surface area contributed by atoms with Crippen molar-refractivity contribution in [3.05, 3.63) is 77.9 Å². The number of benzene rings is 2. The van der Waals surface area contributed by atoms with Gasteiger partial charge in [0.15, 0.2) is 0 Å². The summed E-state index contributed by atoms with van der Waals surface area (Å²) in [5, 5.41) is 0. The highest BCUT2D eigenvalue weighted by molar-refractivity contribution is 7.96. The number of esters is 1. The van der Waals surface area contributed by atoms with Gasteiger partial charge in [0.1, 0.15) is 23.4 Å². The minimum atomic E-state index is -0.715. The Balaban J connectivity index is 0.000000389. The van der Waals surface area contributed by atoms with Gasteiger partial charge in [0.05, 0.1) is 30.0 Å². The Bertz CT molecular complexity index is 1110. The Kier molecular flexibility index (Phi) is 13.0. The molecule has 0 heterocycles. The van der Waals surface area contributed by atoms with Crippen molar-refractivity contribution in [2.45, 2.75) is 82.7 Å². The van der Waals surface area contributed by atoms with Crippen molar-refractivity contribution in [3.63, 3.8) is 0 Å². The summed E-state index contributed by atoms with van der Waals surface area (Å²) in [7, 11) is 3.42. The monoisotopic (exact) mass is 568 g/mol. The van der Waals surface area contributed by atoms with Gasteiger partial charge in [-0.25, -0.2) is 4.79 Å². The van der Waals surface area contributed by atoms with E-state index in [9.17, 15) is 9.59 Å². The van der Waals surface area contributed by atoms with Crippen LogP contribution >= 0.6 is 12.0 Å². The van der Waals surface area contributed by atoms with Crippen LogP contribution in [0.4, 0.5) is 0 Å². The summed E-state index contributed by atoms with van der Waals surface area (Å²) in [5.74, 6) is 1.84. The van der Waals surface area contributed by atoms with E-state index < -0.39 is 10.3 Å². The Morgan fingerprint density at radius 2 is 1.50 bits per heavy atom. The van der Waals surface area contributed by atoms with Crippen LogP contribution in [0.3, 0.4) is 0 Å². The van der Waals surface area contributed by atoms with E-state index in [2.05, 4.69) is 18.7 Å². The molecular weight excluding hydrogens is 524 g/mol. The molecule has 6 nitrogen and oxygen atoms in total. The number of methoxy groups -OCH3 is 2. The van der Waals surface area contributed by atoms with Gasteiger partial charge in [0.25, 0.3) is 0 Å². The van der Waals surface area contributed by atoms with Crippen LogP contribution in [0.1, 0.15) is 77.3 Å². The molecule has 0 aromatic heterocycles. The number of carbonyl (C=O) groups is 2. The molecule has 218 valence electrons. The van der Waals surface area contributed by atoms with Gasteiger partial charge >= 0.3 is 5.97 Å². The Morgan fingerprint density at radius 3 is 2.00 bits per heavy atom. The number of hydrogen-bond donors (Lipinski definition) is 0. The average Bonchev–Trinajstić information content (AvgIpc) is 2.95. The highest BCUT2D eigenvalue weighted by Gasteiger charge is 2.43. The van der Waals surface area contributed by atoms with E-state index in [4.69, 9.17) is 18.4 Å². The second-order valence-corrected chi connectivity index (χ2v) is 12.3. The number of ether oxygens (including phenoxy) is 3. The molecule has 0 N–H and O–H groups in total. The fraction of sp³-hybridized carbons (Fsp3) is 0.455. The summed E-state index contributed by atoms with van der Waals surface area (Å²) in [6.45, 7) is 13.1. The zero-order chi connectivity index (χ0) is 29.8. The van der Waals surface area contributed by atoms with Gasteiger partial charge in [-0.3, -0.25) is 4.79 Å². The Hall–Kier alpha value is -3.03. The van der Waals surface area contributed by atoms with E-state index in [-0.39, 0.29) is 5.97 Å². The molecule has 0 aliphatic heterocycles. The molecule has 0 atom stereocenters. The van der Waals surface area contributed by atoms with Crippen LogP contribution in [-0.2, 0) is 19.1 Å². The minimum Gasteiger partial charge on any atom is -0.497 e. The molecule has 1 aliphatic rings. The molecular formula is C33H44O6S. The van der Waals surface area contributed by atoms with Gasteiger partial charge in [0, 0.05) is 12.7 Å². The molecule has 0 spiro atoms. The highest BCUT2D eigenvalue weighted by atomic mass is 32.2. The van der Waals surface area contributed by atoms with Gasteiger partial charge in [-0.1, -0.05) is 36.9 Å². The van der Waals surface area contributed by atoms with Crippen molar-refractivity contribution in [1.29, 1.82) is 0 Å². The zero-order valence-corrected chi connectivity index (χ0v) is 25.7. The van der Waals surface area contributed by atoms with Crippen LogP contribution in [-0.4, -0.2) is 42.9 Å². The number of carbonyl (C=O) groups excluding carboxylic acids is 2. The van der Waals surface area contributed by atoms with E-state index in [0.717, 1.165) is 36.2 Å². The van der Waals surface area contributed by atoms with Crippen LogP contribution < -0.4 is 8.92 Å². The fourth-order valence-electron chi connectivity index (χ4n) is 3.99. The first-order chi connectivity index (χ1) is 18.9. The molecule has 1 aliphatic carbocycles. The quantitative estimate of drug-likeness (QED) is 0.118. The lowest BCUT2D eigenvalue weighted by molar-refractivity contribution is -0.153. The van der Waals surface area contributed by atoms with E-state index >= 15 is 0 Å². The second-order valence-electron chi connectivity index (χ2n) is 10.9. The van der Waals surface area contributed by atoms with Crippen LogP contribution in [0, 0.1) is 0 Å². The SMILES string of the molecule is C=C(C)C(=O)OC(C)(C)C(C)(C)SOc1ccc(C2CCC(OC)CC2)cc1.COc1ccc(/C=C/C=O)cc1. The minimum absolute atomic E-state index is 0.383. The summed E-state index contributed by atoms with van der Waals surface area (Å²) in [5.41, 5.74) is 2.03. The number of aldehydes is 1. The molecule has 40 heavy (non-hydrogen) atoms. The molecule has 2 aromatic rings. The molecule has 1 saturated carbocycles. The average molecular weight is 569 g/mol. The normalized spacial score (nSPS) is 17.4. The van der Waals surface area contributed by atoms with E-state index in [1.807, 2.05) is 64.1 Å². The zero-order valence-electron chi connectivity index (χ0n) is 24.9. The van der Waals surface area contributed by atoms with E-state index in [1.54, 1.807) is 27.2 Å². The number of allylic oxidation sites excluding steroid dienone is 1. The maximum atomic E-state index is 11.9. The Labute approximate surface area is 244 Å². The molecule has 0 unspecified atom stereocenters. The van der Waals surface area contributed by atoms with Gasteiger partial charge in [-0.05, 0) is 108 Å². The lowest BCUT2D eigenvalue weighted by atomic mass is 9.83. The topological polar surface area (TPSA) is 71.1 Å². The van der Waals surface area contributed by atoms with Crippen molar-refractivity contribution in [1.82, 2.24) is 0 Å². The predicted molar refractivity (Wildman–Crippen MR) is 164 cm³/mol. The summed E-state index contributed by atoms with van der Waals surface area (Å²) in [4.78, 5) is 21.9. The molecule has 7 heteroatoms. The molecule has 0 amide bonds. The van der Waals surface area contributed by atoms with Crippen molar-refractivity contribution in [2.24, 2.45) is 0 Å². The molecule has 2 aromatic carbocycles. The Morgan fingerprint density at radius 1 is 0.925 bits per heavy atom. The second kappa shape index (κ2) is 15.7. The van der Waals surface area contributed by atoms with Crippen LogP contribution in [0.25, 0.3) is 6.08 Å². The molecule has 3 rings (SSSR count). The molecule has 0 bridgehead atoms.